The number of hydrogen-bond donors (Lipinski definition) is 1. The Morgan fingerprint density at radius 3 is 2.47 bits per heavy atom. The largest absolute Gasteiger partial charge is 0.493 e. The first kappa shape index (κ1) is 11.9. The van der Waals surface area contributed by atoms with E-state index in [1.807, 2.05) is 18.2 Å². The van der Waals surface area contributed by atoms with Gasteiger partial charge in [-0.3, -0.25) is 0 Å². The molecule has 0 aliphatic heterocycles. The van der Waals surface area contributed by atoms with Crippen LogP contribution in [0.25, 0.3) is 0 Å². The van der Waals surface area contributed by atoms with E-state index < -0.39 is 0 Å². The predicted octanol–water partition coefficient (Wildman–Crippen LogP) is 3.36. The van der Waals surface area contributed by atoms with Gasteiger partial charge in [0.15, 0.2) is 0 Å². The Hall–Kier alpha value is -1.18. The molecule has 0 unspecified atom stereocenters. The van der Waals surface area contributed by atoms with E-state index in [0.717, 1.165) is 24.5 Å². The molecule has 0 aromatic heterocycles. The zero-order valence-corrected chi connectivity index (χ0v) is 10.1. The Balaban J connectivity index is 3.04. The van der Waals surface area contributed by atoms with Crippen LogP contribution in [-0.2, 0) is 5.41 Å². The Morgan fingerprint density at radius 1 is 1.27 bits per heavy atom. The van der Waals surface area contributed by atoms with E-state index >= 15 is 0 Å². The number of nitrogen functional groups attached to an aromatic ring is 1. The van der Waals surface area contributed by atoms with E-state index in [0.29, 0.717) is 0 Å². The molecule has 0 atom stereocenters. The van der Waals surface area contributed by atoms with Crippen molar-refractivity contribution in [2.45, 2.75) is 39.5 Å². The van der Waals surface area contributed by atoms with Crippen LogP contribution in [0.3, 0.4) is 0 Å². The lowest BCUT2D eigenvalue weighted by atomic mass is 9.86. The van der Waals surface area contributed by atoms with Crippen LogP contribution in [0.2, 0.25) is 0 Å². The van der Waals surface area contributed by atoms with Gasteiger partial charge in [-0.05, 0) is 30.0 Å². The number of rotatable bonds is 3. The van der Waals surface area contributed by atoms with Gasteiger partial charge in [0.1, 0.15) is 5.75 Å². The van der Waals surface area contributed by atoms with Gasteiger partial charge >= 0.3 is 0 Å². The highest BCUT2D eigenvalue weighted by Gasteiger charge is 2.19. The molecular weight excluding hydrogens is 186 g/mol. The van der Waals surface area contributed by atoms with Crippen LogP contribution in [0, 0.1) is 0 Å². The second kappa shape index (κ2) is 4.56. The van der Waals surface area contributed by atoms with Crippen LogP contribution in [0.4, 0.5) is 5.69 Å². The molecular formula is C13H21NO. The highest BCUT2D eigenvalue weighted by Crippen LogP contribution is 2.32. The van der Waals surface area contributed by atoms with E-state index in [1.165, 1.54) is 5.56 Å². The standard InChI is InChI=1S/C13H21NO/c1-5-8-15-12-7-6-10(14)9-11(12)13(2,3)4/h6-7,9H,5,8,14H2,1-4H3. The van der Waals surface area contributed by atoms with E-state index in [2.05, 4.69) is 27.7 Å². The Kier molecular flexibility index (Phi) is 3.61. The van der Waals surface area contributed by atoms with Crippen molar-refractivity contribution in [1.29, 1.82) is 0 Å². The molecule has 0 radical (unpaired) electrons. The van der Waals surface area contributed by atoms with Crippen LogP contribution < -0.4 is 10.5 Å². The van der Waals surface area contributed by atoms with Crippen molar-refractivity contribution in [2.24, 2.45) is 0 Å². The molecule has 15 heavy (non-hydrogen) atoms. The van der Waals surface area contributed by atoms with Crippen LogP contribution in [0.1, 0.15) is 39.7 Å². The lowest BCUT2D eigenvalue weighted by molar-refractivity contribution is 0.308. The first-order chi connectivity index (χ1) is 6.95. The molecule has 2 heteroatoms. The molecule has 0 aliphatic carbocycles. The van der Waals surface area contributed by atoms with Crippen molar-refractivity contribution >= 4 is 5.69 Å². The summed E-state index contributed by atoms with van der Waals surface area (Å²) in [5, 5.41) is 0. The van der Waals surface area contributed by atoms with Crippen LogP contribution in [0.5, 0.6) is 5.75 Å². The predicted molar refractivity (Wildman–Crippen MR) is 65.3 cm³/mol. The summed E-state index contributed by atoms with van der Waals surface area (Å²) in [6.07, 6.45) is 1.02. The molecule has 0 bridgehead atoms. The summed E-state index contributed by atoms with van der Waals surface area (Å²) in [6, 6.07) is 5.86. The van der Waals surface area contributed by atoms with Crippen molar-refractivity contribution < 1.29 is 4.74 Å². The normalized spacial score (nSPS) is 11.5. The first-order valence-corrected chi connectivity index (χ1v) is 5.48. The van der Waals surface area contributed by atoms with Crippen LogP contribution in [-0.4, -0.2) is 6.61 Å². The average Bonchev–Trinajstić information content (AvgIpc) is 2.14. The van der Waals surface area contributed by atoms with Crippen molar-refractivity contribution in [3.05, 3.63) is 23.8 Å². The topological polar surface area (TPSA) is 35.2 Å². The fourth-order valence-electron chi connectivity index (χ4n) is 1.47. The van der Waals surface area contributed by atoms with Gasteiger partial charge < -0.3 is 10.5 Å². The summed E-state index contributed by atoms with van der Waals surface area (Å²) >= 11 is 0. The lowest BCUT2D eigenvalue weighted by Gasteiger charge is -2.23. The summed E-state index contributed by atoms with van der Waals surface area (Å²) in [5.41, 5.74) is 7.84. The van der Waals surface area contributed by atoms with Crippen LogP contribution in [0.15, 0.2) is 18.2 Å². The zero-order valence-electron chi connectivity index (χ0n) is 10.1. The molecule has 0 spiro atoms. The molecule has 1 rings (SSSR count). The third-order valence-electron chi connectivity index (χ3n) is 2.27. The van der Waals surface area contributed by atoms with Crippen LogP contribution >= 0.6 is 0 Å². The number of benzene rings is 1. The molecule has 2 N–H and O–H groups in total. The Labute approximate surface area is 92.4 Å². The summed E-state index contributed by atoms with van der Waals surface area (Å²) in [5.74, 6) is 0.957. The molecule has 0 heterocycles. The van der Waals surface area contributed by atoms with Gasteiger partial charge in [-0.25, -0.2) is 0 Å². The summed E-state index contributed by atoms with van der Waals surface area (Å²) in [6.45, 7) is 9.36. The van der Waals surface area contributed by atoms with E-state index in [-0.39, 0.29) is 5.41 Å². The summed E-state index contributed by atoms with van der Waals surface area (Å²) < 4.78 is 5.71. The van der Waals surface area contributed by atoms with Gasteiger partial charge in [-0.15, -0.1) is 0 Å². The minimum Gasteiger partial charge on any atom is -0.493 e. The first-order valence-electron chi connectivity index (χ1n) is 5.48. The maximum absolute atomic E-state index is 5.80. The Morgan fingerprint density at radius 2 is 1.93 bits per heavy atom. The van der Waals surface area contributed by atoms with Crippen molar-refractivity contribution in [3.63, 3.8) is 0 Å². The molecule has 1 aromatic carbocycles. The average molecular weight is 207 g/mol. The SMILES string of the molecule is CCCOc1ccc(N)cc1C(C)(C)C. The maximum atomic E-state index is 5.80. The maximum Gasteiger partial charge on any atom is 0.123 e. The highest BCUT2D eigenvalue weighted by molar-refractivity contribution is 5.50. The molecule has 0 saturated heterocycles. The van der Waals surface area contributed by atoms with Gasteiger partial charge in [0.25, 0.3) is 0 Å². The van der Waals surface area contributed by atoms with E-state index in [9.17, 15) is 0 Å². The van der Waals surface area contributed by atoms with Gasteiger partial charge in [-0.2, -0.15) is 0 Å². The third kappa shape index (κ3) is 3.15. The van der Waals surface area contributed by atoms with Gasteiger partial charge in [-0.1, -0.05) is 27.7 Å². The quantitative estimate of drug-likeness (QED) is 0.771. The number of nitrogens with two attached hydrogens (primary N) is 1. The second-order valence-electron chi connectivity index (χ2n) is 4.85. The van der Waals surface area contributed by atoms with Gasteiger partial charge in [0.05, 0.1) is 6.61 Å². The monoisotopic (exact) mass is 207 g/mol. The van der Waals surface area contributed by atoms with Crippen molar-refractivity contribution in [3.8, 4) is 5.75 Å². The summed E-state index contributed by atoms with van der Waals surface area (Å²) in [7, 11) is 0. The fraction of sp³-hybridized carbons (Fsp3) is 0.538. The molecule has 0 aliphatic rings. The number of hydrogen-bond acceptors (Lipinski definition) is 2. The zero-order chi connectivity index (χ0) is 11.5. The second-order valence-corrected chi connectivity index (χ2v) is 4.85. The summed E-state index contributed by atoms with van der Waals surface area (Å²) in [4.78, 5) is 0. The van der Waals surface area contributed by atoms with Gasteiger partial charge in [0, 0.05) is 11.3 Å². The molecule has 84 valence electrons. The number of ether oxygens (including phenoxy) is 1. The van der Waals surface area contributed by atoms with Gasteiger partial charge in [0.2, 0.25) is 0 Å². The minimum atomic E-state index is 0.0679. The molecule has 0 amide bonds. The molecule has 0 fully saturated rings. The van der Waals surface area contributed by atoms with E-state index in [4.69, 9.17) is 10.5 Å². The minimum absolute atomic E-state index is 0.0679. The third-order valence-corrected chi connectivity index (χ3v) is 2.27. The fourth-order valence-corrected chi connectivity index (χ4v) is 1.47. The molecule has 1 aromatic rings. The van der Waals surface area contributed by atoms with Crippen molar-refractivity contribution in [1.82, 2.24) is 0 Å². The van der Waals surface area contributed by atoms with Crippen molar-refractivity contribution in [2.75, 3.05) is 12.3 Å². The highest BCUT2D eigenvalue weighted by atomic mass is 16.5. The Bertz CT molecular complexity index is 326. The van der Waals surface area contributed by atoms with E-state index in [1.54, 1.807) is 0 Å². The molecule has 0 saturated carbocycles. The number of anilines is 1. The smallest absolute Gasteiger partial charge is 0.123 e. The lowest BCUT2D eigenvalue weighted by Crippen LogP contribution is -2.14. The molecule has 2 nitrogen and oxygen atoms in total.